The molecule has 0 amide bonds. The molecule has 1 fully saturated rings. The van der Waals surface area contributed by atoms with Gasteiger partial charge in [-0.15, -0.1) is 5.10 Å². The minimum absolute atomic E-state index is 0.212. The summed E-state index contributed by atoms with van der Waals surface area (Å²) in [5, 5.41) is 16.3. The van der Waals surface area contributed by atoms with Crippen LogP contribution >= 0.6 is 0 Å². The topological polar surface area (TPSA) is 96.3 Å². The minimum atomic E-state index is 0.212. The molecule has 8 nitrogen and oxygen atoms in total. The molecule has 0 unspecified atom stereocenters. The van der Waals surface area contributed by atoms with Gasteiger partial charge >= 0.3 is 0 Å². The number of nitrogens with one attached hydrogen (secondary N) is 3. The van der Waals surface area contributed by atoms with E-state index in [1.165, 1.54) is 12.8 Å². The van der Waals surface area contributed by atoms with Crippen LogP contribution in [0, 0.1) is 5.92 Å². The highest BCUT2D eigenvalue weighted by atomic mass is 15.5. The first kappa shape index (κ1) is 14.9. The highest BCUT2D eigenvalue weighted by molar-refractivity contribution is 5.88. The summed E-state index contributed by atoms with van der Waals surface area (Å²) in [4.78, 5) is 14.0. The van der Waals surface area contributed by atoms with Gasteiger partial charge in [-0.25, -0.2) is 0 Å². The highest BCUT2D eigenvalue weighted by Crippen LogP contribution is 2.34. The molecule has 126 valence electrons. The molecule has 3 heterocycles. The van der Waals surface area contributed by atoms with E-state index >= 15 is 0 Å². The smallest absolute Gasteiger partial charge is 0.232 e. The zero-order valence-corrected chi connectivity index (χ0v) is 14.1. The van der Waals surface area contributed by atoms with Gasteiger partial charge in [0, 0.05) is 12.2 Å². The zero-order chi connectivity index (χ0) is 16.7. The van der Waals surface area contributed by atoms with Gasteiger partial charge in [-0.1, -0.05) is 0 Å². The predicted molar refractivity (Wildman–Crippen MR) is 93.4 cm³/mol. The number of H-pyrrole nitrogens is 1. The van der Waals surface area contributed by atoms with Crippen LogP contribution in [0.5, 0.6) is 0 Å². The molecule has 3 N–H and O–H groups in total. The van der Waals surface area contributed by atoms with Crippen LogP contribution in [0.2, 0.25) is 0 Å². The van der Waals surface area contributed by atoms with Crippen molar-refractivity contribution in [1.82, 2.24) is 29.9 Å². The molecule has 4 rings (SSSR count). The van der Waals surface area contributed by atoms with Gasteiger partial charge in [0.25, 0.3) is 0 Å². The highest BCUT2D eigenvalue weighted by Gasteiger charge is 2.28. The Balaban J connectivity index is 1.62. The molecule has 1 saturated carbocycles. The van der Waals surface area contributed by atoms with Gasteiger partial charge in [0.2, 0.25) is 5.95 Å². The van der Waals surface area contributed by atoms with Gasteiger partial charge in [-0.05, 0) is 45.6 Å². The maximum atomic E-state index is 4.64. The van der Waals surface area contributed by atoms with Gasteiger partial charge in [-0.2, -0.15) is 19.9 Å². The van der Waals surface area contributed by atoms with E-state index < -0.39 is 0 Å². The molecule has 0 aliphatic heterocycles. The van der Waals surface area contributed by atoms with E-state index in [-0.39, 0.29) is 6.04 Å². The summed E-state index contributed by atoms with van der Waals surface area (Å²) in [6.07, 6.45) is 6.14. The summed E-state index contributed by atoms with van der Waals surface area (Å²) in [6.45, 7) is 6.28. The number of anilines is 3. The lowest BCUT2D eigenvalue weighted by molar-refractivity contribution is 0.467. The minimum Gasteiger partial charge on any atom is -0.367 e. The lowest BCUT2D eigenvalue weighted by Crippen LogP contribution is -2.18. The number of hydrogen-bond donors (Lipinski definition) is 3. The normalized spacial score (nSPS) is 15.8. The van der Waals surface area contributed by atoms with Crippen LogP contribution < -0.4 is 10.6 Å². The summed E-state index contributed by atoms with van der Waals surface area (Å²) in [5.41, 5.74) is 0.800. The molecule has 0 radical (unpaired) electrons. The van der Waals surface area contributed by atoms with Gasteiger partial charge < -0.3 is 15.6 Å². The maximum Gasteiger partial charge on any atom is 0.232 e. The van der Waals surface area contributed by atoms with Crippen molar-refractivity contribution in [2.75, 3.05) is 10.6 Å². The molecule has 0 bridgehead atoms. The quantitative estimate of drug-likeness (QED) is 0.644. The first-order valence-electron chi connectivity index (χ1n) is 8.40. The van der Waals surface area contributed by atoms with Crippen LogP contribution in [0.4, 0.5) is 17.6 Å². The third kappa shape index (κ3) is 2.91. The Labute approximate surface area is 140 Å². The Morgan fingerprint density at radius 2 is 2.08 bits per heavy atom. The van der Waals surface area contributed by atoms with Crippen molar-refractivity contribution in [3.63, 3.8) is 0 Å². The Hall–Kier alpha value is -2.64. The number of aromatic amines is 1. The van der Waals surface area contributed by atoms with E-state index in [4.69, 9.17) is 0 Å². The fourth-order valence-electron chi connectivity index (χ4n) is 2.73. The van der Waals surface area contributed by atoms with Gasteiger partial charge in [0.15, 0.2) is 5.82 Å². The Bertz CT molecular complexity index is 845. The zero-order valence-electron chi connectivity index (χ0n) is 14.1. The summed E-state index contributed by atoms with van der Waals surface area (Å²) in [7, 11) is 0. The van der Waals surface area contributed by atoms with Crippen molar-refractivity contribution in [3.05, 3.63) is 18.5 Å². The maximum absolute atomic E-state index is 4.64. The summed E-state index contributed by atoms with van der Waals surface area (Å²) < 4.78 is 0. The van der Waals surface area contributed by atoms with E-state index in [1.807, 2.05) is 26.1 Å². The standard InChI is InChI=1S/C16H22N8/c1-9(2)24-18-8-13(23-24)20-16-21-14-12(6-7-17-14)15(22-16)19-10(3)11-4-5-11/h6-11H,4-5H2,1-3H3,(H3,17,19,20,21,22,23)/t10-/m0/s1. The molecular formula is C16H22N8. The van der Waals surface area contributed by atoms with Crippen molar-refractivity contribution in [2.45, 2.75) is 45.7 Å². The first-order valence-corrected chi connectivity index (χ1v) is 8.40. The SMILES string of the molecule is CC(C)n1ncc(Nc2nc(N[C@@H](C)C3CC3)c3cc[nH]c3n2)n1. The second kappa shape index (κ2) is 5.77. The Kier molecular flexibility index (Phi) is 3.59. The van der Waals surface area contributed by atoms with Crippen LogP contribution in [0.1, 0.15) is 39.7 Å². The average molecular weight is 326 g/mol. The van der Waals surface area contributed by atoms with Crippen molar-refractivity contribution in [2.24, 2.45) is 5.92 Å². The van der Waals surface area contributed by atoms with Gasteiger partial charge in [0.05, 0.1) is 17.6 Å². The van der Waals surface area contributed by atoms with E-state index in [1.54, 1.807) is 11.0 Å². The fourth-order valence-corrected chi connectivity index (χ4v) is 2.73. The Morgan fingerprint density at radius 1 is 1.25 bits per heavy atom. The summed E-state index contributed by atoms with van der Waals surface area (Å²) in [5.74, 6) is 2.73. The molecule has 3 aromatic rings. The van der Waals surface area contributed by atoms with Crippen LogP contribution in [-0.4, -0.2) is 36.0 Å². The van der Waals surface area contributed by atoms with Crippen LogP contribution in [0.25, 0.3) is 11.0 Å². The van der Waals surface area contributed by atoms with E-state index in [9.17, 15) is 0 Å². The van der Waals surface area contributed by atoms with Crippen LogP contribution in [0.3, 0.4) is 0 Å². The molecule has 8 heteroatoms. The molecule has 0 spiro atoms. The lowest BCUT2D eigenvalue weighted by atomic mass is 10.2. The second-order valence-electron chi connectivity index (χ2n) is 6.68. The van der Waals surface area contributed by atoms with Crippen LogP contribution in [-0.2, 0) is 0 Å². The van der Waals surface area contributed by atoms with Crippen molar-refractivity contribution in [3.8, 4) is 0 Å². The molecule has 0 saturated heterocycles. The summed E-state index contributed by atoms with van der Waals surface area (Å²) >= 11 is 0. The first-order chi connectivity index (χ1) is 11.6. The van der Waals surface area contributed by atoms with Crippen molar-refractivity contribution in [1.29, 1.82) is 0 Å². The average Bonchev–Trinajstić information content (AvgIpc) is 3.10. The number of rotatable bonds is 6. The van der Waals surface area contributed by atoms with E-state index in [2.05, 4.69) is 42.7 Å². The molecule has 0 aromatic carbocycles. The predicted octanol–water partition coefficient (Wildman–Crippen LogP) is 3.08. The van der Waals surface area contributed by atoms with E-state index in [0.29, 0.717) is 17.8 Å². The van der Waals surface area contributed by atoms with Crippen molar-refractivity contribution < 1.29 is 0 Å². The molecule has 24 heavy (non-hydrogen) atoms. The van der Waals surface area contributed by atoms with Gasteiger partial charge in [0.1, 0.15) is 11.5 Å². The molecule has 1 aliphatic carbocycles. The van der Waals surface area contributed by atoms with E-state index in [0.717, 1.165) is 22.8 Å². The second-order valence-corrected chi connectivity index (χ2v) is 6.68. The Morgan fingerprint density at radius 3 is 2.79 bits per heavy atom. The fraction of sp³-hybridized carbons (Fsp3) is 0.500. The molecule has 1 atom stereocenters. The number of nitrogens with zero attached hydrogens (tertiary/aromatic N) is 5. The summed E-state index contributed by atoms with van der Waals surface area (Å²) in [6, 6.07) is 2.62. The van der Waals surface area contributed by atoms with Gasteiger partial charge in [-0.3, -0.25) is 0 Å². The lowest BCUT2D eigenvalue weighted by Gasteiger charge is -2.15. The molecule has 1 aliphatic rings. The molecule has 3 aromatic heterocycles. The molecular weight excluding hydrogens is 304 g/mol. The number of hydrogen-bond acceptors (Lipinski definition) is 6. The number of aromatic nitrogens is 6. The van der Waals surface area contributed by atoms with Crippen molar-refractivity contribution >= 4 is 28.6 Å². The third-order valence-electron chi connectivity index (χ3n) is 4.32. The van der Waals surface area contributed by atoms with Crippen LogP contribution in [0.15, 0.2) is 18.5 Å². The number of fused-ring (bicyclic) bond motifs is 1. The third-order valence-corrected chi connectivity index (χ3v) is 4.32. The largest absolute Gasteiger partial charge is 0.367 e. The monoisotopic (exact) mass is 326 g/mol.